The zero-order valence-corrected chi connectivity index (χ0v) is 13.3. The average Bonchev–Trinajstić information content (AvgIpc) is 2.37. The molecule has 0 aromatic rings. The lowest BCUT2D eigenvalue weighted by atomic mass is 9.78. The van der Waals surface area contributed by atoms with Gasteiger partial charge in [-0.1, -0.05) is 27.2 Å². The molecule has 0 aromatic heterocycles. The Kier molecular flexibility index (Phi) is 4.87. The van der Waals surface area contributed by atoms with Gasteiger partial charge >= 0.3 is 0 Å². The van der Waals surface area contributed by atoms with Gasteiger partial charge in [0.05, 0.1) is 0 Å². The van der Waals surface area contributed by atoms with Crippen LogP contribution in [-0.4, -0.2) is 29.2 Å². The molecule has 1 saturated heterocycles. The standard InChI is InChI=1S/C17H29NO2/c1-17(2,3)12-16(20)18-11-7-6-9-14(18)13-8-4-5-10-15(13)19/h13-14H,4-12H2,1-3H3. The summed E-state index contributed by atoms with van der Waals surface area (Å²) in [4.78, 5) is 26.8. The molecule has 0 aromatic carbocycles. The van der Waals surface area contributed by atoms with E-state index in [1.54, 1.807) is 0 Å². The largest absolute Gasteiger partial charge is 0.339 e. The van der Waals surface area contributed by atoms with Gasteiger partial charge in [-0.25, -0.2) is 0 Å². The Bertz CT molecular complexity index is 370. The van der Waals surface area contributed by atoms with Crippen LogP contribution in [0.15, 0.2) is 0 Å². The SMILES string of the molecule is CC(C)(C)CC(=O)N1CCCCC1C1CCCCC1=O. The maximum atomic E-state index is 12.6. The van der Waals surface area contributed by atoms with Crippen LogP contribution in [0.4, 0.5) is 0 Å². The Hall–Kier alpha value is -0.860. The molecular formula is C17H29NO2. The highest BCUT2D eigenvalue weighted by Gasteiger charge is 2.38. The van der Waals surface area contributed by atoms with Crippen molar-refractivity contribution in [3.05, 3.63) is 0 Å². The van der Waals surface area contributed by atoms with Crippen LogP contribution in [0.25, 0.3) is 0 Å². The number of piperidine rings is 1. The second kappa shape index (κ2) is 6.28. The molecule has 2 unspecified atom stereocenters. The normalized spacial score (nSPS) is 28.6. The molecule has 0 bridgehead atoms. The van der Waals surface area contributed by atoms with Gasteiger partial charge in [-0.05, 0) is 37.5 Å². The molecule has 1 heterocycles. The van der Waals surface area contributed by atoms with E-state index in [9.17, 15) is 9.59 Å². The topological polar surface area (TPSA) is 37.4 Å². The van der Waals surface area contributed by atoms with E-state index in [1.165, 1.54) is 0 Å². The zero-order valence-electron chi connectivity index (χ0n) is 13.3. The lowest BCUT2D eigenvalue weighted by Crippen LogP contribution is -2.50. The summed E-state index contributed by atoms with van der Waals surface area (Å²) in [6.45, 7) is 7.17. The Morgan fingerprint density at radius 3 is 2.50 bits per heavy atom. The van der Waals surface area contributed by atoms with E-state index >= 15 is 0 Å². The second-order valence-electron chi connectivity index (χ2n) is 7.71. The third kappa shape index (κ3) is 3.83. The van der Waals surface area contributed by atoms with E-state index in [2.05, 4.69) is 20.8 Å². The van der Waals surface area contributed by atoms with E-state index in [4.69, 9.17) is 0 Å². The maximum Gasteiger partial charge on any atom is 0.223 e. The lowest BCUT2D eigenvalue weighted by molar-refractivity contribution is -0.141. The van der Waals surface area contributed by atoms with E-state index in [1.807, 2.05) is 4.90 Å². The molecule has 1 aliphatic heterocycles. The van der Waals surface area contributed by atoms with Gasteiger partial charge in [-0.3, -0.25) is 9.59 Å². The second-order valence-corrected chi connectivity index (χ2v) is 7.71. The van der Waals surface area contributed by atoms with Crippen molar-refractivity contribution in [3.63, 3.8) is 0 Å². The van der Waals surface area contributed by atoms with Gasteiger partial charge < -0.3 is 4.90 Å². The van der Waals surface area contributed by atoms with E-state index in [0.29, 0.717) is 12.2 Å². The van der Waals surface area contributed by atoms with Crippen molar-refractivity contribution in [2.75, 3.05) is 6.54 Å². The van der Waals surface area contributed by atoms with Crippen LogP contribution in [0.5, 0.6) is 0 Å². The fourth-order valence-corrected chi connectivity index (χ4v) is 3.66. The lowest BCUT2D eigenvalue weighted by Gasteiger charge is -2.42. The summed E-state index contributed by atoms with van der Waals surface area (Å²) in [7, 11) is 0. The van der Waals surface area contributed by atoms with Crippen molar-refractivity contribution in [1.29, 1.82) is 0 Å². The molecule has 2 atom stereocenters. The molecule has 3 nitrogen and oxygen atoms in total. The molecule has 2 aliphatic rings. The highest BCUT2D eigenvalue weighted by molar-refractivity contribution is 5.84. The van der Waals surface area contributed by atoms with E-state index in [-0.39, 0.29) is 23.3 Å². The highest BCUT2D eigenvalue weighted by Crippen LogP contribution is 2.33. The molecule has 0 spiro atoms. The molecule has 2 fully saturated rings. The first-order valence-electron chi connectivity index (χ1n) is 8.21. The Morgan fingerprint density at radius 1 is 1.15 bits per heavy atom. The van der Waals surface area contributed by atoms with Gasteiger partial charge in [-0.2, -0.15) is 0 Å². The molecule has 1 aliphatic carbocycles. The Balaban J connectivity index is 2.08. The molecule has 1 saturated carbocycles. The molecular weight excluding hydrogens is 250 g/mol. The number of hydrogen-bond donors (Lipinski definition) is 0. The number of ketones is 1. The quantitative estimate of drug-likeness (QED) is 0.775. The molecule has 0 radical (unpaired) electrons. The molecule has 3 heteroatoms. The van der Waals surface area contributed by atoms with Gasteiger partial charge in [0.25, 0.3) is 0 Å². The van der Waals surface area contributed by atoms with Crippen molar-refractivity contribution in [3.8, 4) is 0 Å². The molecule has 1 amide bonds. The van der Waals surface area contributed by atoms with Crippen LogP contribution in [-0.2, 0) is 9.59 Å². The number of likely N-dealkylation sites (tertiary alicyclic amines) is 1. The summed E-state index contributed by atoms with van der Waals surface area (Å²) in [5.74, 6) is 0.769. The third-order valence-corrected chi connectivity index (χ3v) is 4.62. The number of Topliss-reactive ketones (excluding diaryl/α,β-unsaturated/α-hetero) is 1. The van der Waals surface area contributed by atoms with E-state index < -0.39 is 0 Å². The van der Waals surface area contributed by atoms with Crippen LogP contribution in [0.1, 0.15) is 72.1 Å². The minimum atomic E-state index is 0.0235. The number of carbonyl (C=O) groups excluding carboxylic acids is 2. The van der Waals surface area contributed by atoms with Gasteiger partial charge in [0.2, 0.25) is 5.91 Å². The Morgan fingerprint density at radius 2 is 1.85 bits per heavy atom. The number of amides is 1. The first-order chi connectivity index (χ1) is 9.38. The van der Waals surface area contributed by atoms with Crippen LogP contribution < -0.4 is 0 Å². The molecule has 2 rings (SSSR count). The summed E-state index contributed by atoms with van der Waals surface area (Å²) in [6, 6.07) is 0.186. The van der Waals surface area contributed by atoms with Crippen LogP contribution in [0, 0.1) is 11.3 Å². The van der Waals surface area contributed by atoms with Gasteiger partial charge in [-0.15, -0.1) is 0 Å². The van der Waals surface area contributed by atoms with Crippen LogP contribution in [0.3, 0.4) is 0 Å². The summed E-state index contributed by atoms with van der Waals surface area (Å²) >= 11 is 0. The summed E-state index contributed by atoms with van der Waals surface area (Å²) in [5.41, 5.74) is 0.0235. The minimum absolute atomic E-state index is 0.0235. The zero-order chi connectivity index (χ0) is 14.8. The fraction of sp³-hybridized carbons (Fsp3) is 0.882. The summed E-state index contributed by atoms with van der Waals surface area (Å²) in [5, 5.41) is 0. The molecule has 20 heavy (non-hydrogen) atoms. The number of nitrogens with zero attached hydrogens (tertiary/aromatic N) is 1. The molecule has 114 valence electrons. The monoisotopic (exact) mass is 279 g/mol. The van der Waals surface area contributed by atoms with Crippen molar-refractivity contribution >= 4 is 11.7 Å². The minimum Gasteiger partial charge on any atom is -0.339 e. The van der Waals surface area contributed by atoms with Crippen molar-refractivity contribution in [2.24, 2.45) is 11.3 Å². The number of carbonyl (C=O) groups is 2. The fourth-order valence-electron chi connectivity index (χ4n) is 3.66. The highest BCUT2D eigenvalue weighted by atomic mass is 16.2. The van der Waals surface area contributed by atoms with Crippen LogP contribution >= 0.6 is 0 Å². The number of hydrogen-bond acceptors (Lipinski definition) is 2. The summed E-state index contributed by atoms with van der Waals surface area (Å²) < 4.78 is 0. The predicted octanol–water partition coefficient (Wildman–Crippen LogP) is 3.56. The van der Waals surface area contributed by atoms with Gasteiger partial charge in [0, 0.05) is 31.3 Å². The summed E-state index contributed by atoms with van der Waals surface area (Å²) in [6.07, 6.45) is 7.76. The Labute approximate surface area is 123 Å². The predicted molar refractivity (Wildman–Crippen MR) is 80.4 cm³/mol. The average molecular weight is 279 g/mol. The van der Waals surface area contributed by atoms with Gasteiger partial charge in [0.15, 0.2) is 0 Å². The first kappa shape index (κ1) is 15.5. The number of rotatable bonds is 2. The van der Waals surface area contributed by atoms with Crippen LogP contribution in [0.2, 0.25) is 0 Å². The van der Waals surface area contributed by atoms with Gasteiger partial charge in [0.1, 0.15) is 5.78 Å². The maximum absolute atomic E-state index is 12.6. The van der Waals surface area contributed by atoms with Crippen molar-refractivity contribution in [2.45, 2.75) is 78.2 Å². The molecule has 0 N–H and O–H groups in total. The van der Waals surface area contributed by atoms with Crippen molar-refractivity contribution < 1.29 is 9.59 Å². The first-order valence-corrected chi connectivity index (χ1v) is 8.21. The van der Waals surface area contributed by atoms with E-state index in [0.717, 1.165) is 51.5 Å². The smallest absolute Gasteiger partial charge is 0.223 e. The van der Waals surface area contributed by atoms with Crippen molar-refractivity contribution in [1.82, 2.24) is 4.90 Å². The third-order valence-electron chi connectivity index (χ3n) is 4.62.